The first kappa shape index (κ1) is 14.9. The molecule has 4 heteroatoms. The molecule has 1 N–H and O–H groups in total. The minimum absolute atomic E-state index is 0.107. The van der Waals surface area contributed by atoms with Gasteiger partial charge in [-0.1, -0.05) is 28.9 Å². The molecule has 106 valence electrons. The van der Waals surface area contributed by atoms with Crippen molar-refractivity contribution in [1.29, 1.82) is 0 Å². The average molecular weight is 329 g/mol. The lowest BCUT2D eigenvalue weighted by Crippen LogP contribution is -2.37. The summed E-state index contributed by atoms with van der Waals surface area (Å²) in [6.07, 6.45) is 2.43. The van der Waals surface area contributed by atoms with Crippen molar-refractivity contribution in [3.05, 3.63) is 34.1 Å². The van der Waals surface area contributed by atoms with Crippen LogP contribution in [-0.4, -0.2) is 31.1 Å². The summed E-state index contributed by atoms with van der Waals surface area (Å²) in [5.41, 5.74) is 0.799. The fourth-order valence-corrected chi connectivity index (χ4v) is 2.92. The molecule has 1 aromatic carbocycles. The lowest BCUT2D eigenvalue weighted by molar-refractivity contribution is 0.174. The summed E-state index contributed by atoms with van der Waals surface area (Å²) in [6.45, 7) is 7.19. The Morgan fingerprint density at radius 1 is 1.37 bits per heavy atom. The van der Waals surface area contributed by atoms with E-state index in [0.717, 1.165) is 48.7 Å². The number of likely N-dealkylation sites (tertiary alicyclic amines) is 1. The second kappa shape index (κ2) is 7.36. The molecule has 1 aliphatic heterocycles. The molecule has 0 aliphatic carbocycles. The fraction of sp³-hybridized carbons (Fsp3) is 0.600. The summed E-state index contributed by atoms with van der Waals surface area (Å²) in [5.74, 6) is 0.676. The van der Waals surface area contributed by atoms with Gasteiger partial charge in [0.15, 0.2) is 0 Å². The van der Waals surface area contributed by atoms with Crippen LogP contribution in [0.1, 0.15) is 25.3 Å². The third kappa shape index (κ3) is 4.55. The van der Waals surface area contributed by atoms with Crippen molar-refractivity contribution in [2.24, 2.45) is 5.92 Å². The zero-order chi connectivity index (χ0) is 13.7. The van der Waals surface area contributed by atoms with Gasteiger partial charge in [-0.05, 0) is 57.1 Å². The van der Waals surface area contributed by atoms with E-state index < -0.39 is 0 Å². The van der Waals surface area contributed by atoms with Gasteiger partial charge in [0.25, 0.3) is 0 Å². The van der Waals surface area contributed by atoms with Crippen LogP contribution in [0.5, 0.6) is 0 Å². The van der Waals surface area contributed by atoms with Gasteiger partial charge in [0.1, 0.15) is 5.82 Å². The van der Waals surface area contributed by atoms with E-state index in [4.69, 9.17) is 0 Å². The molecule has 0 amide bonds. The predicted molar refractivity (Wildman–Crippen MR) is 80.6 cm³/mol. The summed E-state index contributed by atoms with van der Waals surface area (Å²) in [4.78, 5) is 2.36. The molecule has 2 nitrogen and oxygen atoms in total. The van der Waals surface area contributed by atoms with Crippen LogP contribution in [0.3, 0.4) is 0 Å². The van der Waals surface area contributed by atoms with E-state index in [-0.39, 0.29) is 5.82 Å². The smallest absolute Gasteiger partial charge is 0.128 e. The molecule has 0 saturated carbocycles. The van der Waals surface area contributed by atoms with Crippen LogP contribution in [0.2, 0.25) is 0 Å². The number of halogens is 2. The summed E-state index contributed by atoms with van der Waals surface area (Å²) in [6, 6.07) is 5.34. The van der Waals surface area contributed by atoms with E-state index in [2.05, 4.69) is 33.1 Å². The Balaban J connectivity index is 1.82. The number of hydrogen-bond donors (Lipinski definition) is 1. The quantitative estimate of drug-likeness (QED) is 0.891. The molecule has 1 aromatic rings. The third-order valence-electron chi connectivity index (χ3n) is 3.80. The van der Waals surface area contributed by atoms with Crippen molar-refractivity contribution in [2.75, 3.05) is 26.2 Å². The van der Waals surface area contributed by atoms with Crippen molar-refractivity contribution in [3.8, 4) is 0 Å². The summed E-state index contributed by atoms with van der Waals surface area (Å²) < 4.78 is 14.6. The SMILES string of the molecule is CCNCC1CCN(Cc2ccc(Br)cc2F)CC1. The van der Waals surface area contributed by atoms with Crippen LogP contribution in [0.15, 0.2) is 22.7 Å². The summed E-state index contributed by atoms with van der Waals surface area (Å²) in [7, 11) is 0. The van der Waals surface area contributed by atoms with Crippen molar-refractivity contribution >= 4 is 15.9 Å². The molecule has 1 saturated heterocycles. The number of piperidine rings is 1. The highest BCUT2D eigenvalue weighted by atomic mass is 79.9. The van der Waals surface area contributed by atoms with Gasteiger partial charge in [0.2, 0.25) is 0 Å². The Bertz CT molecular complexity index is 403. The Hall–Kier alpha value is -0.450. The minimum atomic E-state index is -0.107. The zero-order valence-electron chi connectivity index (χ0n) is 11.5. The first-order chi connectivity index (χ1) is 9.19. The van der Waals surface area contributed by atoms with Gasteiger partial charge >= 0.3 is 0 Å². The molecular formula is C15H22BrFN2. The van der Waals surface area contributed by atoms with E-state index >= 15 is 0 Å². The summed E-state index contributed by atoms with van der Waals surface area (Å²) in [5, 5.41) is 3.41. The fourth-order valence-electron chi connectivity index (χ4n) is 2.59. The van der Waals surface area contributed by atoms with Crippen LogP contribution in [-0.2, 0) is 6.54 Å². The van der Waals surface area contributed by atoms with Crippen molar-refractivity contribution in [3.63, 3.8) is 0 Å². The molecule has 19 heavy (non-hydrogen) atoms. The van der Waals surface area contributed by atoms with Gasteiger partial charge in [-0.3, -0.25) is 4.90 Å². The van der Waals surface area contributed by atoms with Crippen LogP contribution in [0.4, 0.5) is 4.39 Å². The lowest BCUT2D eigenvalue weighted by atomic mass is 9.96. The summed E-state index contributed by atoms with van der Waals surface area (Å²) >= 11 is 3.29. The molecule has 1 fully saturated rings. The van der Waals surface area contributed by atoms with Crippen LogP contribution < -0.4 is 5.32 Å². The van der Waals surface area contributed by atoms with Gasteiger partial charge in [-0.25, -0.2) is 4.39 Å². The average Bonchev–Trinajstić information content (AvgIpc) is 2.41. The lowest BCUT2D eigenvalue weighted by Gasteiger charge is -2.32. The van der Waals surface area contributed by atoms with Gasteiger partial charge < -0.3 is 5.32 Å². The topological polar surface area (TPSA) is 15.3 Å². The van der Waals surface area contributed by atoms with Gasteiger partial charge in [0.05, 0.1) is 0 Å². The number of benzene rings is 1. The molecule has 0 bridgehead atoms. The van der Waals surface area contributed by atoms with Crippen molar-refractivity contribution in [1.82, 2.24) is 10.2 Å². The maximum atomic E-state index is 13.8. The highest BCUT2D eigenvalue weighted by Crippen LogP contribution is 2.21. The van der Waals surface area contributed by atoms with E-state index in [1.165, 1.54) is 12.8 Å². The van der Waals surface area contributed by atoms with Crippen LogP contribution >= 0.6 is 15.9 Å². The standard InChI is InChI=1S/C15H22BrFN2/c1-2-18-10-12-5-7-19(8-6-12)11-13-3-4-14(16)9-15(13)17/h3-4,9,12,18H,2,5-8,10-11H2,1H3. The highest BCUT2D eigenvalue weighted by molar-refractivity contribution is 9.10. The number of nitrogens with one attached hydrogen (secondary N) is 1. The van der Waals surface area contributed by atoms with Gasteiger partial charge in [-0.15, -0.1) is 0 Å². The molecule has 0 atom stereocenters. The van der Waals surface area contributed by atoms with E-state index in [1.54, 1.807) is 6.07 Å². The highest BCUT2D eigenvalue weighted by Gasteiger charge is 2.19. The van der Waals surface area contributed by atoms with Crippen molar-refractivity contribution in [2.45, 2.75) is 26.3 Å². The Labute approximate surface area is 123 Å². The second-order valence-electron chi connectivity index (χ2n) is 5.26. The Kier molecular flexibility index (Phi) is 5.79. The molecule has 0 aromatic heterocycles. The maximum absolute atomic E-state index is 13.8. The minimum Gasteiger partial charge on any atom is -0.317 e. The van der Waals surface area contributed by atoms with Crippen LogP contribution in [0, 0.1) is 11.7 Å². The molecule has 2 rings (SSSR count). The van der Waals surface area contributed by atoms with Crippen LogP contribution in [0.25, 0.3) is 0 Å². The first-order valence-corrected chi connectivity index (χ1v) is 7.85. The number of hydrogen-bond acceptors (Lipinski definition) is 2. The molecule has 1 heterocycles. The molecule has 0 unspecified atom stereocenters. The number of rotatable bonds is 5. The monoisotopic (exact) mass is 328 g/mol. The first-order valence-electron chi connectivity index (χ1n) is 7.06. The maximum Gasteiger partial charge on any atom is 0.128 e. The molecular weight excluding hydrogens is 307 g/mol. The normalized spacial score (nSPS) is 17.8. The molecule has 0 radical (unpaired) electrons. The van der Waals surface area contributed by atoms with Gasteiger partial charge in [0, 0.05) is 16.6 Å². The predicted octanol–water partition coefficient (Wildman–Crippen LogP) is 3.41. The third-order valence-corrected chi connectivity index (χ3v) is 4.29. The second-order valence-corrected chi connectivity index (χ2v) is 6.18. The van der Waals surface area contributed by atoms with E-state index in [0.29, 0.717) is 0 Å². The largest absolute Gasteiger partial charge is 0.317 e. The molecule has 0 spiro atoms. The Morgan fingerprint density at radius 2 is 2.11 bits per heavy atom. The molecule has 1 aliphatic rings. The zero-order valence-corrected chi connectivity index (χ0v) is 13.0. The van der Waals surface area contributed by atoms with Gasteiger partial charge in [-0.2, -0.15) is 0 Å². The van der Waals surface area contributed by atoms with Crippen molar-refractivity contribution < 1.29 is 4.39 Å². The Morgan fingerprint density at radius 3 is 2.74 bits per heavy atom. The van der Waals surface area contributed by atoms with E-state index in [1.807, 2.05) is 12.1 Å². The van der Waals surface area contributed by atoms with E-state index in [9.17, 15) is 4.39 Å². The number of nitrogens with zero attached hydrogens (tertiary/aromatic N) is 1.